The molecule has 4 rings (SSSR count). The van der Waals surface area contributed by atoms with Gasteiger partial charge >= 0.3 is 0 Å². The number of aryl methyl sites for hydroxylation is 1. The van der Waals surface area contributed by atoms with Crippen LogP contribution in [0.1, 0.15) is 36.9 Å². The molecule has 0 unspecified atom stereocenters. The van der Waals surface area contributed by atoms with Gasteiger partial charge < -0.3 is 9.88 Å². The van der Waals surface area contributed by atoms with Crippen molar-refractivity contribution in [2.45, 2.75) is 42.6 Å². The van der Waals surface area contributed by atoms with Gasteiger partial charge in [0.1, 0.15) is 0 Å². The summed E-state index contributed by atoms with van der Waals surface area (Å²) in [5.74, 6) is 0.791. The predicted molar refractivity (Wildman–Crippen MR) is 110 cm³/mol. The zero-order valence-corrected chi connectivity index (χ0v) is 16.8. The van der Waals surface area contributed by atoms with Crippen molar-refractivity contribution in [1.82, 2.24) is 25.1 Å². The summed E-state index contributed by atoms with van der Waals surface area (Å²) in [4.78, 5) is 16.9. The van der Waals surface area contributed by atoms with Crippen LogP contribution < -0.4 is 5.32 Å². The minimum absolute atomic E-state index is 0.0279. The zero-order chi connectivity index (χ0) is 19.5. The normalized spacial score (nSPS) is 17.0. The van der Waals surface area contributed by atoms with E-state index in [1.165, 1.54) is 22.9 Å². The smallest absolute Gasteiger partial charge is 0.233 e. The summed E-state index contributed by atoms with van der Waals surface area (Å²) in [6.45, 7) is 1.91. The highest BCUT2D eigenvalue weighted by Gasteiger charge is 2.25. The molecule has 3 aromatic rings. The number of hydrogen-bond donors (Lipinski definition) is 1. The van der Waals surface area contributed by atoms with Crippen molar-refractivity contribution in [2.24, 2.45) is 7.05 Å². The average molecular weight is 394 g/mol. The number of carbonyl (C=O) groups is 1. The van der Waals surface area contributed by atoms with Crippen LogP contribution in [0.25, 0.3) is 11.4 Å². The molecule has 2 heterocycles. The van der Waals surface area contributed by atoms with Gasteiger partial charge in [0.15, 0.2) is 11.0 Å². The molecule has 0 bridgehead atoms. The number of nitrogens with one attached hydrogen (secondary N) is 1. The Balaban J connectivity index is 1.44. The van der Waals surface area contributed by atoms with E-state index in [9.17, 15) is 4.79 Å². The first kappa shape index (κ1) is 18.7. The Morgan fingerprint density at radius 2 is 2.00 bits per heavy atom. The van der Waals surface area contributed by atoms with Gasteiger partial charge in [-0.05, 0) is 49.4 Å². The SMILES string of the molecule is C[C@H](Sc1nnc(-c2ccncc2)n1C)C(=O)N[C@@H]1CCCc2ccccc21. The van der Waals surface area contributed by atoms with Gasteiger partial charge in [-0.3, -0.25) is 9.78 Å². The van der Waals surface area contributed by atoms with Gasteiger partial charge in [-0.25, -0.2) is 0 Å². The lowest BCUT2D eigenvalue weighted by atomic mass is 9.88. The molecule has 7 heteroatoms. The van der Waals surface area contributed by atoms with Crippen LogP contribution in [0.15, 0.2) is 53.9 Å². The van der Waals surface area contributed by atoms with E-state index in [1.54, 1.807) is 12.4 Å². The van der Waals surface area contributed by atoms with Crippen LogP contribution in [-0.2, 0) is 18.3 Å². The molecule has 0 spiro atoms. The number of rotatable bonds is 5. The van der Waals surface area contributed by atoms with Crippen molar-refractivity contribution in [1.29, 1.82) is 0 Å². The van der Waals surface area contributed by atoms with E-state index < -0.39 is 0 Å². The summed E-state index contributed by atoms with van der Waals surface area (Å²) in [5.41, 5.74) is 3.54. The van der Waals surface area contributed by atoms with E-state index in [1.807, 2.05) is 36.7 Å². The van der Waals surface area contributed by atoms with Crippen molar-refractivity contribution in [2.75, 3.05) is 0 Å². The number of fused-ring (bicyclic) bond motifs is 1. The van der Waals surface area contributed by atoms with E-state index in [0.717, 1.165) is 35.8 Å². The van der Waals surface area contributed by atoms with Crippen molar-refractivity contribution in [3.05, 3.63) is 59.9 Å². The lowest BCUT2D eigenvalue weighted by Crippen LogP contribution is -2.36. The molecule has 2 aromatic heterocycles. The maximum Gasteiger partial charge on any atom is 0.233 e. The maximum atomic E-state index is 12.8. The van der Waals surface area contributed by atoms with E-state index in [0.29, 0.717) is 0 Å². The van der Waals surface area contributed by atoms with Crippen molar-refractivity contribution >= 4 is 17.7 Å². The molecule has 0 radical (unpaired) electrons. The topological polar surface area (TPSA) is 72.7 Å². The molecule has 0 saturated heterocycles. The van der Waals surface area contributed by atoms with Crippen LogP contribution in [0.4, 0.5) is 0 Å². The standard InChI is InChI=1S/C21H23N5OS/c1-14(20(27)23-18-9-5-7-15-6-3-4-8-17(15)18)28-21-25-24-19(26(21)2)16-10-12-22-13-11-16/h3-4,6,8,10-14,18H,5,7,9H2,1-2H3,(H,23,27)/t14-,18+/m0/s1. The number of benzene rings is 1. The third kappa shape index (κ3) is 3.80. The molecule has 6 nitrogen and oxygen atoms in total. The van der Waals surface area contributed by atoms with Crippen molar-refractivity contribution < 1.29 is 4.79 Å². The summed E-state index contributed by atoms with van der Waals surface area (Å²) in [6.07, 6.45) is 6.63. The number of thioether (sulfide) groups is 1. The minimum atomic E-state index is -0.262. The summed E-state index contributed by atoms with van der Waals surface area (Å²) in [6, 6.07) is 12.3. The van der Waals surface area contributed by atoms with Gasteiger partial charge in [0.2, 0.25) is 5.91 Å². The molecule has 2 atom stereocenters. The van der Waals surface area contributed by atoms with E-state index in [-0.39, 0.29) is 17.2 Å². The minimum Gasteiger partial charge on any atom is -0.348 e. The van der Waals surface area contributed by atoms with E-state index in [2.05, 4.69) is 38.7 Å². The van der Waals surface area contributed by atoms with Gasteiger partial charge in [-0.2, -0.15) is 0 Å². The largest absolute Gasteiger partial charge is 0.348 e. The number of hydrogen-bond acceptors (Lipinski definition) is 5. The number of aromatic nitrogens is 4. The molecular formula is C21H23N5OS. The molecule has 144 valence electrons. The van der Waals surface area contributed by atoms with Crippen LogP contribution in [0.5, 0.6) is 0 Å². The quantitative estimate of drug-likeness (QED) is 0.671. The second-order valence-corrected chi connectivity index (χ2v) is 8.32. The molecule has 0 fully saturated rings. The van der Waals surface area contributed by atoms with Gasteiger partial charge in [0, 0.05) is 25.0 Å². The number of nitrogens with zero attached hydrogens (tertiary/aromatic N) is 4. The van der Waals surface area contributed by atoms with Crippen LogP contribution in [-0.4, -0.2) is 30.9 Å². The Morgan fingerprint density at radius 3 is 2.82 bits per heavy atom. The highest BCUT2D eigenvalue weighted by Crippen LogP contribution is 2.31. The maximum absolute atomic E-state index is 12.8. The molecule has 1 aromatic carbocycles. The summed E-state index contributed by atoms with van der Waals surface area (Å²) in [5, 5.41) is 12.2. The van der Waals surface area contributed by atoms with Gasteiger partial charge in [-0.15, -0.1) is 10.2 Å². The summed E-state index contributed by atoms with van der Waals surface area (Å²) >= 11 is 1.43. The Bertz CT molecular complexity index is 972. The van der Waals surface area contributed by atoms with Crippen LogP contribution in [0.2, 0.25) is 0 Å². The number of carbonyl (C=O) groups excluding carboxylic acids is 1. The van der Waals surface area contributed by atoms with Gasteiger partial charge in [-0.1, -0.05) is 36.0 Å². The molecule has 1 amide bonds. The van der Waals surface area contributed by atoms with Gasteiger partial charge in [0.25, 0.3) is 0 Å². The first-order valence-corrected chi connectivity index (χ1v) is 10.4. The second-order valence-electron chi connectivity index (χ2n) is 7.01. The third-order valence-corrected chi connectivity index (χ3v) is 6.24. The average Bonchev–Trinajstić information content (AvgIpc) is 3.09. The van der Waals surface area contributed by atoms with E-state index in [4.69, 9.17) is 0 Å². The highest BCUT2D eigenvalue weighted by atomic mass is 32.2. The van der Waals surface area contributed by atoms with Crippen molar-refractivity contribution in [3.63, 3.8) is 0 Å². The Kier molecular flexibility index (Phi) is 5.43. The molecule has 1 aliphatic carbocycles. The van der Waals surface area contributed by atoms with Gasteiger partial charge in [0.05, 0.1) is 11.3 Å². The first-order chi connectivity index (χ1) is 13.6. The Labute approximate surface area is 168 Å². The molecule has 1 aliphatic rings. The zero-order valence-electron chi connectivity index (χ0n) is 16.0. The Hall–Kier alpha value is -2.67. The molecule has 0 saturated carbocycles. The fourth-order valence-corrected chi connectivity index (χ4v) is 4.40. The fraction of sp³-hybridized carbons (Fsp3) is 0.333. The highest BCUT2D eigenvalue weighted by molar-refractivity contribution is 8.00. The Morgan fingerprint density at radius 1 is 1.21 bits per heavy atom. The lowest BCUT2D eigenvalue weighted by Gasteiger charge is -2.27. The van der Waals surface area contributed by atoms with Crippen LogP contribution in [0.3, 0.4) is 0 Å². The predicted octanol–water partition coefficient (Wildman–Crippen LogP) is 3.55. The number of amides is 1. The number of pyridine rings is 1. The molecular weight excluding hydrogens is 370 g/mol. The monoisotopic (exact) mass is 393 g/mol. The third-order valence-electron chi connectivity index (χ3n) is 5.11. The summed E-state index contributed by atoms with van der Waals surface area (Å²) < 4.78 is 1.92. The van der Waals surface area contributed by atoms with E-state index >= 15 is 0 Å². The second kappa shape index (κ2) is 8.14. The molecule has 1 N–H and O–H groups in total. The fourth-order valence-electron chi connectivity index (χ4n) is 3.57. The lowest BCUT2D eigenvalue weighted by molar-refractivity contribution is -0.121. The molecule has 28 heavy (non-hydrogen) atoms. The first-order valence-electron chi connectivity index (χ1n) is 9.48. The van der Waals surface area contributed by atoms with Crippen molar-refractivity contribution in [3.8, 4) is 11.4 Å². The van der Waals surface area contributed by atoms with Crippen LogP contribution >= 0.6 is 11.8 Å². The molecule has 0 aliphatic heterocycles. The van der Waals surface area contributed by atoms with Crippen LogP contribution in [0, 0.1) is 0 Å². The summed E-state index contributed by atoms with van der Waals surface area (Å²) in [7, 11) is 1.92.